The zero-order valence-electron chi connectivity index (χ0n) is 11.3. The van der Waals surface area contributed by atoms with Crippen molar-refractivity contribution < 1.29 is 17.9 Å². The largest absolute Gasteiger partial charge is 0.411 e. The molecule has 1 N–H and O–H groups in total. The quantitative estimate of drug-likeness (QED) is 0.823. The van der Waals surface area contributed by atoms with E-state index in [1.54, 1.807) is 0 Å². The summed E-state index contributed by atoms with van der Waals surface area (Å²) in [5.41, 5.74) is 0.814. The highest BCUT2D eigenvalue weighted by atomic mass is 19.4. The lowest BCUT2D eigenvalue weighted by molar-refractivity contribution is -0.179. The summed E-state index contributed by atoms with van der Waals surface area (Å²) in [7, 11) is 0. The van der Waals surface area contributed by atoms with Crippen LogP contribution in [0.3, 0.4) is 0 Å². The second-order valence-corrected chi connectivity index (χ2v) is 5.36. The van der Waals surface area contributed by atoms with Crippen LogP contribution in [0.5, 0.6) is 0 Å². The molecular formula is C14H20F3NO. The van der Waals surface area contributed by atoms with Gasteiger partial charge in [-0.2, -0.15) is 13.2 Å². The summed E-state index contributed by atoms with van der Waals surface area (Å²) >= 11 is 0. The smallest absolute Gasteiger partial charge is 0.371 e. The number of ether oxygens (including phenoxy) is 1. The molecule has 0 atom stereocenters. The molecule has 1 rings (SSSR count). The molecule has 0 unspecified atom stereocenters. The predicted molar refractivity (Wildman–Crippen MR) is 68.8 cm³/mol. The molecule has 0 saturated carbocycles. The standard InChI is InChI=1S/C14H20F3NO/c1-13(2,10-19-11-14(15,16)17)9-18-8-12-6-4-3-5-7-12/h3-7,18H,8-11H2,1-2H3. The molecule has 0 aromatic heterocycles. The minimum absolute atomic E-state index is 0.0777. The monoisotopic (exact) mass is 275 g/mol. The first-order valence-electron chi connectivity index (χ1n) is 6.18. The molecule has 0 radical (unpaired) electrons. The second kappa shape index (κ2) is 6.91. The Bertz CT molecular complexity index is 363. The minimum Gasteiger partial charge on any atom is -0.371 e. The molecule has 108 valence electrons. The summed E-state index contributed by atoms with van der Waals surface area (Å²) < 4.78 is 40.6. The van der Waals surface area contributed by atoms with E-state index < -0.39 is 12.8 Å². The average Bonchev–Trinajstić information content (AvgIpc) is 2.28. The third-order valence-corrected chi connectivity index (χ3v) is 2.53. The van der Waals surface area contributed by atoms with E-state index in [0.717, 1.165) is 5.56 Å². The number of nitrogens with one attached hydrogen (secondary N) is 1. The lowest BCUT2D eigenvalue weighted by Gasteiger charge is -2.25. The average molecular weight is 275 g/mol. The predicted octanol–water partition coefficient (Wildman–Crippen LogP) is 3.38. The summed E-state index contributed by atoms with van der Waals surface area (Å²) in [4.78, 5) is 0. The summed E-state index contributed by atoms with van der Waals surface area (Å²) in [5.74, 6) is 0. The molecule has 0 amide bonds. The van der Waals surface area contributed by atoms with E-state index in [9.17, 15) is 13.2 Å². The maximum Gasteiger partial charge on any atom is 0.411 e. The fraction of sp³-hybridized carbons (Fsp3) is 0.571. The third kappa shape index (κ3) is 7.85. The fourth-order valence-corrected chi connectivity index (χ4v) is 1.64. The van der Waals surface area contributed by atoms with Crippen molar-refractivity contribution in [1.29, 1.82) is 0 Å². The Morgan fingerprint density at radius 3 is 2.26 bits per heavy atom. The van der Waals surface area contributed by atoms with Gasteiger partial charge >= 0.3 is 6.18 Å². The molecule has 0 aliphatic rings. The lowest BCUT2D eigenvalue weighted by Crippen LogP contribution is -2.34. The van der Waals surface area contributed by atoms with Crippen molar-refractivity contribution in [2.75, 3.05) is 19.8 Å². The third-order valence-electron chi connectivity index (χ3n) is 2.53. The van der Waals surface area contributed by atoms with Crippen LogP contribution < -0.4 is 5.32 Å². The number of rotatable bonds is 7. The molecule has 1 aromatic carbocycles. The maximum atomic E-state index is 12.0. The number of benzene rings is 1. The van der Waals surface area contributed by atoms with Crippen molar-refractivity contribution in [1.82, 2.24) is 5.32 Å². The summed E-state index contributed by atoms with van der Waals surface area (Å²) in [5, 5.41) is 3.23. The van der Waals surface area contributed by atoms with E-state index in [1.807, 2.05) is 44.2 Å². The molecule has 0 saturated heterocycles. The Labute approximate surface area is 112 Å². The molecule has 0 fully saturated rings. The van der Waals surface area contributed by atoms with E-state index in [0.29, 0.717) is 13.1 Å². The van der Waals surface area contributed by atoms with Crippen LogP contribution in [0.4, 0.5) is 13.2 Å². The van der Waals surface area contributed by atoms with Crippen molar-refractivity contribution in [3.63, 3.8) is 0 Å². The number of halogens is 3. The zero-order chi connectivity index (χ0) is 14.4. The Balaban J connectivity index is 2.23. The highest BCUT2D eigenvalue weighted by molar-refractivity contribution is 5.14. The summed E-state index contributed by atoms with van der Waals surface area (Å²) in [6.45, 7) is 3.94. The van der Waals surface area contributed by atoms with Gasteiger partial charge in [0.25, 0.3) is 0 Å². The van der Waals surface area contributed by atoms with Gasteiger partial charge < -0.3 is 10.1 Å². The number of alkyl halides is 3. The van der Waals surface area contributed by atoms with E-state index in [1.165, 1.54) is 0 Å². The van der Waals surface area contributed by atoms with Crippen molar-refractivity contribution in [3.8, 4) is 0 Å². The van der Waals surface area contributed by atoms with Crippen LogP contribution in [0.2, 0.25) is 0 Å². The van der Waals surface area contributed by atoms with Gasteiger partial charge in [-0.1, -0.05) is 44.2 Å². The number of hydrogen-bond donors (Lipinski definition) is 1. The van der Waals surface area contributed by atoms with E-state index >= 15 is 0 Å². The van der Waals surface area contributed by atoms with Gasteiger partial charge in [-0.3, -0.25) is 0 Å². The van der Waals surface area contributed by atoms with E-state index in [-0.39, 0.29) is 12.0 Å². The molecule has 0 bridgehead atoms. The molecule has 1 aromatic rings. The molecule has 0 spiro atoms. The summed E-state index contributed by atoms with van der Waals surface area (Å²) in [6.07, 6.45) is -4.26. The van der Waals surface area contributed by atoms with Crippen LogP contribution in [-0.2, 0) is 11.3 Å². The van der Waals surface area contributed by atoms with Gasteiger partial charge in [-0.15, -0.1) is 0 Å². The first-order valence-corrected chi connectivity index (χ1v) is 6.18. The van der Waals surface area contributed by atoms with Crippen LogP contribution >= 0.6 is 0 Å². The zero-order valence-corrected chi connectivity index (χ0v) is 11.3. The second-order valence-electron chi connectivity index (χ2n) is 5.36. The van der Waals surface area contributed by atoms with Gasteiger partial charge in [0.2, 0.25) is 0 Å². The van der Waals surface area contributed by atoms with Crippen LogP contribution in [0.15, 0.2) is 30.3 Å². The molecular weight excluding hydrogens is 255 g/mol. The van der Waals surface area contributed by atoms with Crippen LogP contribution in [-0.4, -0.2) is 25.9 Å². The molecule has 19 heavy (non-hydrogen) atoms. The fourth-order valence-electron chi connectivity index (χ4n) is 1.64. The van der Waals surface area contributed by atoms with Crippen molar-refractivity contribution in [3.05, 3.63) is 35.9 Å². The minimum atomic E-state index is -4.26. The molecule has 5 heteroatoms. The Morgan fingerprint density at radius 2 is 1.68 bits per heavy atom. The highest BCUT2D eigenvalue weighted by Gasteiger charge is 2.29. The Kier molecular flexibility index (Phi) is 5.82. The highest BCUT2D eigenvalue weighted by Crippen LogP contribution is 2.19. The van der Waals surface area contributed by atoms with Gasteiger partial charge in [0.05, 0.1) is 6.61 Å². The van der Waals surface area contributed by atoms with Gasteiger partial charge in [0.1, 0.15) is 6.61 Å². The van der Waals surface area contributed by atoms with Crippen LogP contribution in [0.25, 0.3) is 0 Å². The van der Waals surface area contributed by atoms with Gasteiger partial charge in [0, 0.05) is 18.5 Å². The van der Waals surface area contributed by atoms with Gasteiger partial charge in [0.15, 0.2) is 0 Å². The van der Waals surface area contributed by atoms with E-state index in [2.05, 4.69) is 5.32 Å². The van der Waals surface area contributed by atoms with Gasteiger partial charge in [-0.25, -0.2) is 0 Å². The Hall–Kier alpha value is -1.07. The topological polar surface area (TPSA) is 21.3 Å². The maximum absolute atomic E-state index is 12.0. The van der Waals surface area contributed by atoms with Crippen LogP contribution in [0, 0.1) is 5.41 Å². The van der Waals surface area contributed by atoms with Gasteiger partial charge in [-0.05, 0) is 5.56 Å². The lowest BCUT2D eigenvalue weighted by atomic mass is 9.95. The van der Waals surface area contributed by atoms with Crippen LogP contribution in [0.1, 0.15) is 19.4 Å². The normalized spacial score (nSPS) is 12.7. The number of hydrogen-bond acceptors (Lipinski definition) is 2. The molecule has 0 aliphatic heterocycles. The van der Waals surface area contributed by atoms with Crippen molar-refractivity contribution >= 4 is 0 Å². The molecule has 0 aliphatic carbocycles. The molecule has 0 heterocycles. The first-order chi connectivity index (χ1) is 8.79. The SMILES string of the molecule is CC(C)(CNCc1ccccc1)COCC(F)(F)F. The molecule has 2 nitrogen and oxygen atoms in total. The van der Waals surface area contributed by atoms with Crippen molar-refractivity contribution in [2.45, 2.75) is 26.6 Å². The van der Waals surface area contributed by atoms with E-state index in [4.69, 9.17) is 4.74 Å². The van der Waals surface area contributed by atoms with Crippen molar-refractivity contribution in [2.24, 2.45) is 5.41 Å². The summed E-state index contributed by atoms with van der Waals surface area (Å²) in [6, 6.07) is 9.85. The first kappa shape index (κ1) is 16.0. The Morgan fingerprint density at radius 1 is 1.05 bits per heavy atom.